The first-order valence-corrected chi connectivity index (χ1v) is 6.78. The molecule has 106 valence electrons. The molecule has 1 fully saturated rings. The molecule has 5 heteroatoms. The summed E-state index contributed by atoms with van der Waals surface area (Å²) in [6, 6.07) is -0.315. The van der Waals surface area contributed by atoms with E-state index in [0.29, 0.717) is 0 Å². The first-order chi connectivity index (χ1) is 8.95. The van der Waals surface area contributed by atoms with E-state index in [1.807, 2.05) is 26.0 Å². The van der Waals surface area contributed by atoms with Crippen LogP contribution in [-0.2, 0) is 9.59 Å². The van der Waals surface area contributed by atoms with Crippen molar-refractivity contribution in [3.63, 3.8) is 0 Å². The van der Waals surface area contributed by atoms with Gasteiger partial charge in [-0.05, 0) is 24.2 Å². The van der Waals surface area contributed by atoms with Crippen molar-refractivity contribution in [2.24, 2.45) is 29.6 Å². The second-order valence-electron chi connectivity index (χ2n) is 5.88. The van der Waals surface area contributed by atoms with Crippen LogP contribution in [0.1, 0.15) is 20.3 Å². The SMILES string of the molecule is CC(C)C(CO)NC(=O)C1C2C=CC(C2)C1C(=O)O. The largest absolute Gasteiger partial charge is 0.481 e. The Morgan fingerprint density at radius 1 is 1.26 bits per heavy atom. The molecule has 0 aliphatic heterocycles. The van der Waals surface area contributed by atoms with Gasteiger partial charge in [0.25, 0.3) is 0 Å². The van der Waals surface area contributed by atoms with Crippen molar-refractivity contribution >= 4 is 11.9 Å². The van der Waals surface area contributed by atoms with Gasteiger partial charge in [-0.1, -0.05) is 26.0 Å². The monoisotopic (exact) mass is 267 g/mol. The number of hydrogen-bond donors (Lipinski definition) is 3. The average Bonchev–Trinajstić information content (AvgIpc) is 2.94. The van der Waals surface area contributed by atoms with E-state index < -0.39 is 17.8 Å². The molecule has 3 N–H and O–H groups in total. The molecular weight excluding hydrogens is 246 g/mol. The maximum atomic E-state index is 12.3. The minimum Gasteiger partial charge on any atom is -0.481 e. The van der Waals surface area contributed by atoms with E-state index in [0.717, 1.165) is 6.42 Å². The third kappa shape index (κ3) is 2.52. The van der Waals surface area contributed by atoms with E-state index in [1.54, 1.807) is 0 Å². The number of carboxylic acids is 1. The summed E-state index contributed by atoms with van der Waals surface area (Å²) < 4.78 is 0. The number of fused-ring (bicyclic) bond motifs is 2. The van der Waals surface area contributed by atoms with Crippen LogP contribution in [0.4, 0.5) is 0 Å². The maximum absolute atomic E-state index is 12.3. The van der Waals surface area contributed by atoms with E-state index in [-0.39, 0.29) is 36.3 Å². The molecule has 5 unspecified atom stereocenters. The number of rotatable bonds is 5. The fourth-order valence-corrected chi connectivity index (χ4v) is 3.22. The Balaban J connectivity index is 2.10. The molecule has 1 amide bonds. The van der Waals surface area contributed by atoms with Gasteiger partial charge in [0.1, 0.15) is 0 Å². The summed E-state index contributed by atoms with van der Waals surface area (Å²) in [5.74, 6) is -2.14. The summed E-state index contributed by atoms with van der Waals surface area (Å²) in [6.45, 7) is 3.70. The normalized spacial score (nSPS) is 33.7. The number of amides is 1. The zero-order valence-corrected chi connectivity index (χ0v) is 11.2. The smallest absolute Gasteiger partial charge is 0.307 e. The Kier molecular flexibility index (Phi) is 3.94. The molecular formula is C14H21NO4. The molecule has 0 spiro atoms. The van der Waals surface area contributed by atoms with E-state index >= 15 is 0 Å². The summed E-state index contributed by atoms with van der Waals surface area (Å²) in [7, 11) is 0. The average molecular weight is 267 g/mol. The Labute approximate surface area is 112 Å². The summed E-state index contributed by atoms with van der Waals surface area (Å²) in [4.78, 5) is 23.6. The Morgan fingerprint density at radius 3 is 2.32 bits per heavy atom. The third-order valence-corrected chi connectivity index (χ3v) is 4.38. The minimum absolute atomic E-state index is 0.0233. The van der Waals surface area contributed by atoms with E-state index in [1.165, 1.54) is 0 Å². The third-order valence-electron chi connectivity index (χ3n) is 4.38. The molecule has 0 aromatic heterocycles. The van der Waals surface area contributed by atoms with Crippen LogP contribution in [0.15, 0.2) is 12.2 Å². The number of aliphatic hydroxyl groups excluding tert-OH is 1. The van der Waals surface area contributed by atoms with Crippen LogP contribution < -0.4 is 5.32 Å². The van der Waals surface area contributed by atoms with Gasteiger partial charge in [0.15, 0.2) is 0 Å². The van der Waals surface area contributed by atoms with Crippen molar-refractivity contribution in [2.75, 3.05) is 6.61 Å². The standard InChI is InChI=1S/C14H21NO4/c1-7(2)10(6-16)15-13(17)11-8-3-4-9(5-8)12(11)14(18)19/h3-4,7-12,16H,5-6H2,1-2H3,(H,15,17)(H,18,19). The lowest BCUT2D eigenvalue weighted by molar-refractivity contribution is -0.148. The number of aliphatic carboxylic acids is 1. The van der Waals surface area contributed by atoms with Gasteiger partial charge in [-0.3, -0.25) is 9.59 Å². The van der Waals surface area contributed by atoms with Gasteiger partial charge < -0.3 is 15.5 Å². The molecule has 0 radical (unpaired) electrons. The lowest BCUT2D eigenvalue weighted by Crippen LogP contribution is -2.47. The van der Waals surface area contributed by atoms with E-state index in [9.17, 15) is 19.8 Å². The molecule has 0 saturated heterocycles. The van der Waals surface area contributed by atoms with Crippen LogP contribution in [0.3, 0.4) is 0 Å². The van der Waals surface area contributed by atoms with Crippen molar-refractivity contribution < 1.29 is 19.8 Å². The second kappa shape index (κ2) is 5.33. The van der Waals surface area contributed by atoms with Crippen LogP contribution in [0.25, 0.3) is 0 Å². The lowest BCUT2D eigenvalue weighted by Gasteiger charge is -2.27. The van der Waals surface area contributed by atoms with E-state index in [2.05, 4.69) is 5.32 Å². The van der Waals surface area contributed by atoms with Crippen LogP contribution in [0.2, 0.25) is 0 Å². The van der Waals surface area contributed by atoms with Crippen molar-refractivity contribution in [2.45, 2.75) is 26.3 Å². The number of aliphatic hydroxyl groups is 1. The van der Waals surface area contributed by atoms with Gasteiger partial charge in [0, 0.05) is 0 Å². The number of allylic oxidation sites excluding steroid dienone is 2. The summed E-state index contributed by atoms with van der Waals surface area (Å²) >= 11 is 0. The molecule has 2 aliphatic carbocycles. The maximum Gasteiger partial charge on any atom is 0.307 e. The van der Waals surface area contributed by atoms with Crippen molar-refractivity contribution in [1.29, 1.82) is 0 Å². The summed E-state index contributed by atoms with van der Waals surface area (Å²) in [5.41, 5.74) is 0. The first kappa shape index (κ1) is 14.1. The summed E-state index contributed by atoms with van der Waals surface area (Å²) in [5, 5.41) is 21.3. The number of carboxylic acid groups (broad SMARTS) is 1. The van der Waals surface area contributed by atoms with Crippen molar-refractivity contribution in [3.8, 4) is 0 Å². The Hall–Kier alpha value is -1.36. The highest BCUT2D eigenvalue weighted by Crippen LogP contribution is 2.48. The van der Waals surface area contributed by atoms with Crippen LogP contribution >= 0.6 is 0 Å². The number of hydrogen-bond acceptors (Lipinski definition) is 3. The molecule has 2 aliphatic rings. The van der Waals surface area contributed by atoms with Gasteiger partial charge in [-0.2, -0.15) is 0 Å². The number of nitrogens with one attached hydrogen (secondary N) is 1. The predicted molar refractivity (Wildman–Crippen MR) is 69.2 cm³/mol. The zero-order chi connectivity index (χ0) is 14.2. The topological polar surface area (TPSA) is 86.6 Å². The molecule has 5 atom stereocenters. The van der Waals surface area contributed by atoms with Gasteiger partial charge in [0.05, 0.1) is 24.5 Å². The molecule has 2 bridgehead atoms. The molecule has 1 saturated carbocycles. The van der Waals surface area contributed by atoms with Gasteiger partial charge in [-0.25, -0.2) is 0 Å². The lowest BCUT2D eigenvalue weighted by atomic mass is 9.82. The minimum atomic E-state index is -0.901. The van der Waals surface area contributed by atoms with Crippen molar-refractivity contribution in [1.82, 2.24) is 5.32 Å². The molecule has 0 heterocycles. The van der Waals surface area contributed by atoms with Crippen LogP contribution in [0.5, 0.6) is 0 Å². The quantitative estimate of drug-likeness (QED) is 0.638. The summed E-state index contributed by atoms with van der Waals surface area (Å²) in [6.07, 6.45) is 4.62. The first-order valence-electron chi connectivity index (χ1n) is 6.78. The number of carbonyl (C=O) groups excluding carboxylic acids is 1. The Bertz CT molecular complexity index is 404. The molecule has 19 heavy (non-hydrogen) atoms. The second-order valence-corrected chi connectivity index (χ2v) is 5.88. The molecule has 5 nitrogen and oxygen atoms in total. The van der Waals surface area contributed by atoms with Gasteiger partial charge >= 0.3 is 5.97 Å². The fourth-order valence-electron chi connectivity index (χ4n) is 3.22. The number of carbonyl (C=O) groups is 2. The highest BCUT2D eigenvalue weighted by molar-refractivity contribution is 5.87. The van der Waals surface area contributed by atoms with Crippen LogP contribution in [0, 0.1) is 29.6 Å². The molecule has 0 aromatic carbocycles. The predicted octanol–water partition coefficient (Wildman–Crippen LogP) is 0.642. The van der Waals surface area contributed by atoms with E-state index in [4.69, 9.17) is 0 Å². The fraction of sp³-hybridized carbons (Fsp3) is 0.714. The highest BCUT2D eigenvalue weighted by Gasteiger charge is 2.51. The van der Waals surface area contributed by atoms with Gasteiger partial charge in [-0.15, -0.1) is 0 Å². The Morgan fingerprint density at radius 2 is 1.84 bits per heavy atom. The zero-order valence-electron chi connectivity index (χ0n) is 11.2. The van der Waals surface area contributed by atoms with Crippen LogP contribution in [-0.4, -0.2) is 34.7 Å². The molecule has 0 aromatic rings. The molecule has 2 rings (SSSR count). The highest BCUT2D eigenvalue weighted by atomic mass is 16.4. The van der Waals surface area contributed by atoms with Crippen molar-refractivity contribution in [3.05, 3.63) is 12.2 Å². The van der Waals surface area contributed by atoms with Gasteiger partial charge in [0.2, 0.25) is 5.91 Å².